The van der Waals surface area contributed by atoms with Gasteiger partial charge in [-0.3, -0.25) is 24.0 Å². The molecule has 3 aromatic rings. The summed E-state index contributed by atoms with van der Waals surface area (Å²) < 4.78 is 52.0. The van der Waals surface area contributed by atoms with Crippen LogP contribution in [0.5, 0.6) is 23.0 Å². The lowest BCUT2D eigenvalue weighted by Crippen LogP contribution is -2.50. The summed E-state index contributed by atoms with van der Waals surface area (Å²) in [6, 6.07) is 8.48. The molecule has 2 saturated heterocycles. The number of aliphatic carboxylic acids is 2. The number of carbonyl (C=O) groups excluding carboxylic acids is 5. The molecule has 0 bridgehead atoms. The molecule has 4 atom stereocenters. The standard InChI is InChI=1S/C57H67N5O20/c1-7-9-79-56(72)61-42-26-46(35(5)19-40(42)52(68)59-28-33(3)17-44(59)54(61)70)81-30-36-20-37(22-39(21-36)78-16-15-76-12-11-75-13-14-77-32-49(63)58-38(23-50(64)65)24-51(66)67)31-82-48-27-43-41(25-47(48)74-6)53(69)60-29-34(4)18-45(60)55(71)62(43)57(73)80-10-8-2/h7-8,19-22,25-27,38,44-45,54-55,70-71H,1-4,9-18,23-24,28-32H2,5-6H3,(H,58,63)(H,64,65)(H,66,67)/t44-,45-,54?,55?/m0/s1. The fourth-order valence-electron chi connectivity index (χ4n) is 9.77. The van der Waals surface area contributed by atoms with Crippen LogP contribution in [0, 0.1) is 6.92 Å². The Bertz CT molecular complexity index is 2930. The molecule has 440 valence electrons. The van der Waals surface area contributed by atoms with E-state index in [2.05, 4.69) is 31.6 Å². The monoisotopic (exact) mass is 1140 g/mol. The Morgan fingerprint density at radius 1 is 0.646 bits per heavy atom. The van der Waals surface area contributed by atoms with Crippen LogP contribution in [-0.2, 0) is 51.3 Å². The number of methoxy groups -OCH3 is 1. The van der Waals surface area contributed by atoms with Crippen LogP contribution in [0.1, 0.15) is 63.1 Å². The maximum Gasteiger partial charge on any atom is 0.416 e. The fourth-order valence-corrected chi connectivity index (χ4v) is 9.77. The van der Waals surface area contributed by atoms with Gasteiger partial charge in [-0.2, -0.15) is 0 Å². The first-order valence-corrected chi connectivity index (χ1v) is 26.1. The molecule has 4 aliphatic heterocycles. The highest BCUT2D eigenvalue weighted by Gasteiger charge is 2.48. The van der Waals surface area contributed by atoms with Gasteiger partial charge in [-0.15, -0.1) is 0 Å². The lowest BCUT2D eigenvalue weighted by atomic mass is 10.1. The molecular formula is C57H67N5O20. The molecule has 25 nitrogen and oxygen atoms in total. The van der Waals surface area contributed by atoms with Crippen molar-refractivity contribution in [2.24, 2.45) is 0 Å². The Hall–Kier alpha value is -8.49. The van der Waals surface area contributed by atoms with E-state index in [0.717, 1.165) is 15.4 Å². The second-order valence-corrected chi connectivity index (χ2v) is 19.5. The van der Waals surface area contributed by atoms with Gasteiger partial charge >= 0.3 is 24.1 Å². The number of anilines is 2. The predicted molar refractivity (Wildman–Crippen MR) is 291 cm³/mol. The number of aliphatic hydroxyl groups excluding tert-OH is 2. The van der Waals surface area contributed by atoms with Crippen LogP contribution in [0.15, 0.2) is 92.1 Å². The van der Waals surface area contributed by atoms with Gasteiger partial charge in [0.2, 0.25) is 5.91 Å². The molecule has 4 aliphatic rings. The lowest BCUT2D eigenvalue weighted by molar-refractivity contribution is -0.140. The molecule has 4 heterocycles. The number of carbonyl (C=O) groups is 7. The highest BCUT2D eigenvalue weighted by atomic mass is 16.6. The molecule has 0 spiro atoms. The molecule has 2 fully saturated rings. The zero-order valence-electron chi connectivity index (χ0n) is 45.5. The van der Waals surface area contributed by atoms with Gasteiger partial charge in [0.25, 0.3) is 11.8 Å². The van der Waals surface area contributed by atoms with Gasteiger partial charge in [0.1, 0.15) is 51.1 Å². The zero-order chi connectivity index (χ0) is 59.2. The lowest BCUT2D eigenvalue weighted by Gasteiger charge is -2.31. The molecule has 0 radical (unpaired) electrons. The van der Waals surface area contributed by atoms with Crippen molar-refractivity contribution < 1.29 is 96.6 Å². The van der Waals surface area contributed by atoms with E-state index in [1.54, 1.807) is 31.2 Å². The normalized spacial score (nSPS) is 18.2. The Morgan fingerprint density at radius 3 is 1.62 bits per heavy atom. The summed E-state index contributed by atoms with van der Waals surface area (Å²) in [4.78, 5) is 94.6. The third-order valence-electron chi connectivity index (χ3n) is 13.4. The number of benzene rings is 3. The number of carboxylic acid groups (broad SMARTS) is 2. The molecule has 3 aromatic carbocycles. The van der Waals surface area contributed by atoms with E-state index in [1.807, 2.05) is 0 Å². The van der Waals surface area contributed by atoms with E-state index >= 15 is 0 Å². The Morgan fingerprint density at radius 2 is 1.12 bits per heavy atom. The van der Waals surface area contributed by atoms with Crippen molar-refractivity contribution in [2.45, 2.75) is 76.4 Å². The average molecular weight is 1140 g/mol. The number of rotatable bonds is 28. The Balaban J connectivity index is 1.07. The van der Waals surface area contributed by atoms with Crippen molar-refractivity contribution in [3.05, 3.63) is 120 Å². The summed E-state index contributed by atoms with van der Waals surface area (Å²) in [5.41, 5.74) is 3.35. The second-order valence-electron chi connectivity index (χ2n) is 19.5. The summed E-state index contributed by atoms with van der Waals surface area (Å²) in [6.45, 7) is 16.9. The van der Waals surface area contributed by atoms with Gasteiger partial charge < -0.3 is 78.2 Å². The van der Waals surface area contributed by atoms with Crippen molar-refractivity contribution in [1.82, 2.24) is 15.1 Å². The Labute approximate surface area is 472 Å². The first-order chi connectivity index (χ1) is 39.3. The third-order valence-corrected chi connectivity index (χ3v) is 13.4. The minimum atomic E-state index is -1.52. The number of hydrogen-bond acceptors (Lipinski definition) is 18. The molecular weight excluding hydrogens is 1070 g/mol. The number of hydrogen-bond donors (Lipinski definition) is 5. The molecule has 82 heavy (non-hydrogen) atoms. The van der Waals surface area contributed by atoms with Crippen LogP contribution in [0.4, 0.5) is 21.0 Å². The maximum absolute atomic E-state index is 14.1. The van der Waals surface area contributed by atoms with Crippen LogP contribution >= 0.6 is 0 Å². The zero-order valence-corrected chi connectivity index (χ0v) is 45.5. The number of nitrogens with one attached hydrogen (secondary N) is 1. The molecule has 25 heteroatoms. The van der Waals surface area contributed by atoms with Crippen molar-refractivity contribution in [3.8, 4) is 23.0 Å². The van der Waals surface area contributed by atoms with E-state index < -0.39 is 91.9 Å². The minimum absolute atomic E-state index is 0.0142. The number of nitrogens with zero attached hydrogens (tertiary/aromatic N) is 4. The number of aliphatic hydroxyl groups is 2. The fraction of sp³-hybridized carbons (Fsp3) is 0.421. The van der Waals surface area contributed by atoms with E-state index in [4.69, 9.17) is 52.8 Å². The van der Waals surface area contributed by atoms with Crippen molar-refractivity contribution in [2.75, 3.05) is 89.5 Å². The summed E-state index contributed by atoms with van der Waals surface area (Å²) in [6.07, 6.45) is -2.70. The third kappa shape index (κ3) is 15.1. The maximum atomic E-state index is 14.1. The summed E-state index contributed by atoms with van der Waals surface area (Å²) in [7, 11) is 1.39. The van der Waals surface area contributed by atoms with Crippen LogP contribution in [0.3, 0.4) is 0 Å². The van der Waals surface area contributed by atoms with Gasteiger partial charge in [0, 0.05) is 31.3 Å². The quantitative estimate of drug-likeness (QED) is 0.0494. The highest BCUT2D eigenvalue weighted by molar-refractivity contribution is 6.07. The highest BCUT2D eigenvalue weighted by Crippen LogP contribution is 2.43. The van der Waals surface area contributed by atoms with Gasteiger partial charge in [0.05, 0.1) is 87.6 Å². The minimum Gasteiger partial charge on any atom is -0.493 e. The Kier molecular flexibility index (Phi) is 21.1. The second kappa shape index (κ2) is 28.3. The van der Waals surface area contributed by atoms with Crippen LogP contribution in [0.2, 0.25) is 0 Å². The summed E-state index contributed by atoms with van der Waals surface area (Å²) in [5.74, 6) is -3.19. The van der Waals surface area contributed by atoms with Gasteiger partial charge in [0.15, 0.2) is 24.0 Å². The van der Waals surface area contributed by atoms with Crippen LogP contribution < -0.4 is 34.1 Å². The number of fused-ring (bicyclic) bond motifs is 4. The van der Waals surface area contributed by atoms with E-state index in [1.165, 1.54) is 47.3 Å². The van der Waals surface area contributed by atoms with E-state index in [9.17, 15) is 43.8 Å². The van der Waals surface area contributed by atoms with Gasteiger partial charge in [-0.1, -0.05) is 49.6 Å². The van der Waals surface area contributed by atoms with Gasteiger partial charge in [-0.05, 0) is 66.8 Å². The topological polar surface area (TPSA) is 308 Å². The number of ether oxygens (including phenoxy) is 9. The van der Waals surface area contributed by atoms with Crippen LogP contribution in [-0.4, -0.2) is 182 Å². The molecule has 0 saturated carbocycles. The smallest absolute Gasteiger partial charge is 0.416 e. The first-order valence-electron chi connectivity index (χ1n) is 26.1. The van der Waals surface area contributed by atoms with E-state index in [-0.39, 0.29) is 132 Å². The average Bonchev–Trinajstić information content (AvgIpc) is 2.76. The predicted octanol–water partition coefficient (Wildman–Crippen LogP) is 4.49. The molecule has 5 N–H and O–H groups in total. The van der Waals surface area contributed by atoms with E-state index in [0.29, 0.717) is 28.0 Å². The van der Waals surface area contributed by atoms with Crippen molar-refractivity contribution in [1.29, 1.82) is 0 Å². The largest absolute Gasteiger partial charge is 0.493 e. The van der Waals surface area contributed by atoms with Crippen LogP contribution in [0.25, 0.3) is 0 Å². The number of amides is 5. The molecule has 7 rings (SSSR count). The number of aryl methyl sites for hydroxylation is 1. The summed E-state index contributed by atoms with van der Waals surface area (Å²) in [5, 5.41) is 43.7. The molecule has 2 unspecified atom stereocenters. The summed E-state index contributed by atoms with van der Waals surface area (Å²) >= 11 is 0. The molecule has 0 aromatic heterocycles. The number of carboxylic acids is 2. The molecule has 5 amide bonds. The first kappa shape index (κ1) is 61.1. The van der Waals surface area contributed by atoms with Crippen molar-refractivity contribution in [3.63, 3.8) is 0 Å². The molecule has 0 aliphatic carbocycles. The van der Waals surface area contributed by atoms with Gasteiger partial charge in [-0.25, -0.2) is 19.4 Å². The SMILES string of the molecule is C=CCOC(=O)N1c2cc(OCc3cc(COc4cc5c(cc4OC)C(=O)N4CC(=C)C[C@H]4C(O)N5C(=O)OCC=C)cc(OCCOCCOCCOCC(=O)NC(CC(=O)O)CC(=O)O)c3)c(C)cc2C(=O)N2CC(=C)C[C@H]2C1O. The van der Waals surface area contributed by atoms with Crippen molar-refractivity contribution >= 4 is 53.2 Å².